The lowest BCUT2D eigenvalue weighted by Crippen LogP contribution is -2.24. The largest absolute Gasteiger partial charge is 0.479 e. The Morgan fingerprint density at radius 3 is 2.53 bits per heavy atom. The molecule has 0 spiro atoms. The summed E-state index contributed by atoms with van der Waals surface area (Å²) in [5.41, 5.74) is 0.579. The predicted octanol–water partition coefficient (Wildman–Crippen LogP) is 3.37. The molecule has 2 rings (SSSR count). The average molecular weight is 226 g/mol. The van der Waals surface area contributed by atoms with Crippen LogP contribution in [0.1, 0.15) is 22.8 Å². The predicted molar refractivity (Wildman–Crippen MR) is 67.7 cm³/mol. The Morgan fingerprint density at radius 1 is 1.24 bits per heavy atom. The maximum Gasteiger partial charge on any atom is 0.189 e. The van der Waals surface area contributed by atoms with Crippen LogP contribution in [0.2, 0.25) is 0 Å². The number of ketones is 1. The van der Waals surface area contributed by atoms with Crippen LogP contribution < -0.4 is 0 Å². The van der Waals surface area contributed by atoms with Gasteiger partial charge in [0.05, 0.1) is 5.76 Å². The van der Waals surface area contributed by atoms with Gasteiger partial charge in [-0.15, -0.1) is 0 Å². The fourth-order valence-corrected chi connectivity index (χ4v) is 2.04. The SMILES string of the molecule is C=CC1(C=C)OC(C)=CC(=O)c2ccccc21. The molecule has 0 radical (unpaired) electrons. The molecule has 0 atom stereocenters. The summed E-state index contributed by atoms with van der Waals surface area (Å²) in [6, 6.07) is 7.36. The van der Waals surface area contributed by atoms with Gasteiger partial charge in [-0.3, -0.25) is 4.79 Å². The molecule has 0 aromatic heterocycles. The van der Waals surface area contributed by atoms with Crippen molar-refractivity contribution < 1.29 is 9.53 Å². The highest BCUT2D eigenvalue weighted by atomic mass is 16.5. The van der Waals surface area contributed by atoms with E-state index in [1.165, 1.54) is 6.08 Å². The summed E-state index contributed by atoms with van der Waals surface area (Å²) < 4.78 is 5.80. The molecular formula is C15H14O2. The number of ether oxygens (including phenoxy) is 1. The second kappa shape index (κ2) is 4.06. The van der Waals surface area contributed by atoms with E-state index in [4.69, 9.17) is 4.74 Å². The van der Waals surface area contributed by atoms with Crippen LogP contribution in [0.25, 0.3) is 0 Å². The number of carbonyl (C=O) groups is 1. The second-order valence-electron chi connectivity index (χ2n) is 3.97. The van der Waals surface area contributed by atoms with Crippen molar-refractivity contribution in [3.63, 3.8) is 0 Å². The number of hydrogen-bond donors (Lipinski definition) is 0. The lowest BCUT2D eigenvalue weighted by atomic mass is 9.88. The molecule has 0 fully saturated rings. The average Bonchev–Trinajstić information content (AvgIpc) is 2.46. The van der Waals surface area contributed by atoms with E-state index in [-0.39, 0.29) is 5.78 Å². The molecule has 1 aliphatic heterocycles. The maximum atomic E-state index is 12.0. The molecule has 0 amide bonds. The minimum Gasteiger partial charge on any atom is -0.479 e. The van der Waals surface area contributed by atoms with Gasteiger partial charge in [0.15, 0.2) is 11.4 Å². The van der Waals surface area contributed by atoms with Gasteiger partial charge in [-0.1, -0.05) is 37.4 Å². The third-order valence-corrected chi connectivity index (χ3v) is 2.88. The topological polar surface area (TPSA) is 26.3 Å². The zero-order valence-corrected chi connectivity index (χ0v) is 9.77. The summed E-state index contributed by atoms with van der Waals surface area (Å²) in [6.07, 6.45) is 4.82. The van der Waals surface area contributed by atoms with Crippen molar-refractivity contribution in [1.82, 2.24) is 0 Å². The third kappa shape index (κ3) is 1.72. The standard InChI is InChI=1S/C15H14O2/c1-4-15(5-2)13-9-7-6-8-12(13)14(16)10-11(3)17-15/h4-10H,1-2H2,3H3. The lowest BCUT2D eigenvalue weighted by Gasteiger charge is -2.28. The molecule has 1 aromatic carbocycles. The lowest BCUT2D eigenvalue weighted by molar-refractivity contribution is 0.0889. The molecular weight excluding hydrogens is 212 g/mol. The monoisotopic (exact) mass is 226 g/mol. The number of carbonyl (C=O) groups excluding carboxylic acids is 1. The number of fused-ring (bicyclic) bond motifs is 1. The summed E-state index contributed by atoms with van der Waals surface area (Å²) >= 11 is 0. The van der Waals surface area contributed by atoms with E-state index in [2.05, 4.69) is 13.2 Å². The van der Waals surface area contributed by atoms with Gasteiger partial charge in [-0.2, -0.15) is 0 Å². The smallest absolute Gasteiger partial charge is 0.189 e. The van der Waals surface area contributed by atoms with Crippen molar-refractivity contribution in [3.05, 3.63) is 72.5 Å². The van der Waals surface area contributed by atoms with Crippen LogP contribution >= 0.6 is 0 Å². The van der Waals surface area contributed by atoms with Gasteiger partial charge in [0.25, 0.3) is 0 Å². The Hall–Kier alpha value is -2.09. The summed E-state index contributed by atoms with van der Waals surface area (Å²) in [4.78, 5) is 12.0. The van der Waals surface area contributed by atoms with Crippen LogP contribution in [-0.2, 0) is 10.3 Å². The minimum absolute atomic E-state index is 0.0522. The van der Waals surface area contributed by atoms with Crippen molar-refractivity contribution in [2.24, 2.45) is 0 Å². The number of allylic oxidation sites excluding steroid dienone is 2. The second-order valence-corrected chi connectivity index (χ2v) is 3.97. The van der Waals surface area contributed by atoms with E-state index in [0.717, 1.165) is 5.56 Å². The van der Waals surface area contributed by atoms with Crippen molar-refractivity contribution >= 4 is 5.78 Å². The Morgan fingerprint density at radius 2 is 1.88 bits per heavy atom. The first-order valence-corrected chi connectivity index (χ1v) is 5.41. The van der Waals surface area contributed by atoms with E-state index in [0.29, 0.717) is 11.3 Å². The van der Waals surface area contributed by atoms with Gasteiger partial charge in [0.1, 0.15) is 0 Å². The normalized spacial score (nSPS) is 17.2. The summed E-state index contributed by atoms with van der Waals surface area (Å²) in [7, 11) is 0. The molecule has 86 valence electrons. The molecule has 2 nitrogen and oxygen atoms in total. The van der Waals surface area contributed by atoms with Gasteiger partial charge in [0.2, 0.25) is 0 Å². The first kappa shape index (κ1) is 11.4. The third-order valence-electron chi connectivity index (χ3n) is 2.88. The molecule has 1 heterocycles. The van der Waals surface area contributed by atoms with E-state index in [1.54, 1.807) is 25.1 Å². The Kier molecular flexibility index (Phi) is 2.72. The van der Waals surface area contributed by atoms with E-state index < -0.39 is 5.60 Å². The van der Waals surface area contributed by atoms with Gasteiger partial charge < -0.3 is 4.74 Å². The molecule has 1 aliphatic rings. The van der Waals surface area contributed by atoms with Crippen molar-refractivity contribution in [2.45, 2.75) is 12.5 Å². The molecule has 0 saturated carbocycles. The molecule has 0 bridgehead atoms. The summed E-state index contributed by atoms with van der Waals surface area (Å²) in [5, 5.41) is 0. The van der Waals surface area contributed by atoms with Gasteiger partial charge >= 0.3 is 0 Å². The zero-order valence-electron chi connectivity index (χ0n) is 9.77. The van der Waals surface area contributed by atoms with E-state index in [1.807, 2.05) is 18.2 Å². The first-order valence-electron chi connectivity index (χ1n) is 5.41. The van der Waals surface area contributed by atoms with Gasteiger partial charge in [-0.25, -0.2) is 0 Å². The van der Waals surface area contributed by atoms with Crippen LogP contribution in [0.5, 0.6) is 0 Å². The van der Waals surface area contributed by atoms with Crippen LogP contribution in [0.4, 0.5) is 0 Å². The molecule has 0 aliphatic carbocycles. The summed E-state index contributed by atoms with van der Waals surface area (Å²) in [6.45, 7) is 9.34. The summed E-state index contributed by atoms with van der Waals surface area (Å²) in [5.74, 6) is 0.509. The van der Waals surface area contributed by atoms with Crippen LogP contribution in [0.3, 0.4) is 0 Å². The van der Waals surface area contributed by atoms with Crippen LogP contribution in [0.15, 0.2) is 61.4 Å². The van der Waals surface area contributed by atoms with Crippen LogP contribution in [-0.4, -0.2) is 5.78 Å². The Bertz CT molecular complexity index is 515. The van der Waals surface area contributed by atoms with E-state index >= 15 is 0 Å². The molecule has 2 heteroatoms. The molecule has 1 aromatic rings. The quantitative estimate of drug-likeness (QED) is 0.723. The minimum atomic E-state index is -0.830. The highest BCUT2D eigenvalue weighted by Gasteiger charge is 2.33. The maximum absolute atomic E-state index is 12.0. The molecule has 0 saturated heterocycles. The van der Waals surface area contributed by atoms with Gasteiger partial charge in [0, 0.05) is 17.2 Å². The zero-order chi connectivity index (χ0) is 12.5. The van der Waals surface area contributed by atoms with Crippen LogP contribution in [0, 0.1) is 0 Å². The molecule has 0 N–H and O–H groups in total. The highest BCUT2D eigenvalue weighted by molar-refractivity contribution is 6.06. The number of benzene rings is 1. The van der Waals surface area contributed by atoms with E-state index in [9.17, 15) is 4.79 Å². The Balaban J connectivity index is 2.75. The highest BCUT2D eigenvalue weighted by Crippen LogP contribution is 2.35. The van der Waals surface area contributed by atoms with Crippen molar-refractivity contribution in [3.8, 4) is 0 Å². The molecule has 17 heavy (non-hydrogen) atoms. The number of hydrogen-bond acceptors (Lipinski definition) is 2. The van der Waals surface area contributed by atoms with Crippen molar-refractivity contribution in [1.29, 1.82) is 0 Å². The fourth-order valence-electron chi connectivity index (χ4n) is 2.04. The first-order chi connectivity index (χ1) is 8.13. The van der Waals surface area contributed by atoms with Crippen molar-refractivity contribution in [2.75, 3.05) is 0 Å². The molecule has 0 unspecified atom stereocenters. The Labute approximate surface area is 101 Å². The van der Waals surface area contributed by atoms with Gasteiger partial charge in [-0.05, 0) is 19.1 Å². The number of rotatable bonds is 2. The fraction of sp³-hybridized carbons (Fsp3) is 0.133.